The van der Waals surface area contributed by atoms with Gasteiger partial charge in [0.15, 0.2) is 0 Å². The summed E-state index contributed by atoms with van der Waals surface area (Å²) in [5.74, 6) is 0. The van der Waals surface area contributed by atoms with Crippen molar-refractivity contribution in [3.8, 4) is 0 Å². The van der Waals surface area contributed by atoms with Gasteiger partial charge < -0.3 is 0 Å². The van der Waals surface area contributed by atoms with Gasteiger partial charge in [-0.1, -0.05) is 30.3 Å². The van der Waals surface area contributed by atoms with E-state index in [0.717, 1.165) is 6.42 Å². The van der Waals surface area contributed by atoms with Gasteiger partial charge in [0.05, 0.1) is 0 Å². The first-order chi connectivity index (χ1) is 5.66. The van der Waals surface area contributed by atoms with Crippen LogP contribution in [0.2, 0.25) is 0 Å². The van der Waals surface area contributed by atoms with E-state index in [9.17, 15) is 0 Å². The molecule has 0 fully saturated rings. The van der Waals surface area contributed by atoms with Crippen molar-refractivity contribution in [3.05, 3.63) is 42.8 Å². The minimum atomic E-state index is -2.22. The maximum absolute atomic E-state index is 5.02. The minimum absolute atomic E-state index is 0.890. The van der Waals surface area contributed by atoms with Crippen molar-refractivity contribution in [1.29, 1.82) is 0 Å². The van der Waals surface area contributed by atoms with E-state index in [1.807, 2.05) is 18.2 Å². The fourth-order valence-electron chi connectivity index (χ4n) is 0.645. The third-order valence-corrected chi connectivity index (χ3v) is 1.13. The van der Waals surface area contributed by atoms with Crippen molar-refractivity contribution in [2.45, 2.75) is 6.42 Å². The zero-order chi connectivity index (χ0) is 9.40. The zero-order valence-corrected chi connectivity index (χ0v) is 12.1. The monoisotopic (exact) mass is 331 g/mol. The Hall–Kier alpha value is 0.889. The second kappa shape index (κ2) is 8.49. The quantitative estimate of drug-likeness (QED) is 0.691. The Morgan fingerprint density at radius 1 is 1.08 bits per heavy atom. The summed E-state index contributed by atoms with van der Waals surface area (Å²) in [5, 5.41) is 0. The van der Waals surface area contributed by atoms with Crippen LogP contribution in [0.1, 0.15) is 5.56 Å². The molecule has 1 aromatic rings. The Morgan fingerprint density at radius 2 is 1.50 bits per heavy atom. The first-order valence-corrected chi connectivity index (χ1v) is 15.9. The van der Waals surface area contributed by atoms with Gasteiger partial charge in [-0.15, -0.1) is 0 Å². The van der Waals surface area contributed by atoms with Crippen LogP contribution in [0.5, 0.6) is 0 Å². The van der Waals surface area contributed by atoms with Crippen LogP contribution in [0, 0.1) is 6.92 Å². The zero-order valence-electron chi connectivity index (χ0n) is 6.51. The number of rotatable bonds is 1. The Balaban J connectivity index is 0.000000261. The van der Waals surface area contributed by atoms with E-state index in [4.69, 9.17) is 26.8 Å². The van der Waals surface area contributed by atoms with Crippen LogP contribution in [0.3, 0.4) is 0 Å². The molecule has 0 nitrogen and oxygen atoms in total. The molecule has 0 spiro atoms. The second-order valence-electron chi connectivity index (χ2n) is 1.98. The third kappa shape index (κ3) is 8.98. The van der Waals surface area contributed by atoms with Crippen molar-refractivity contribution in [1.82, 2.24) is 0 Å². The molecule has 0 saturated heterocycles. The molecular formula is C8H10Cl3Sn. The summed E-state index contributed by atoms with van der Waals surface area (Å²) in [6, 6.07) is 10.2. The van der Waals surface area contributed by atoms with Crippen LogP contribution in [0.4, 0.5) is 0 Å². The summed E-state index contributed by atoms with van der Waals surface area (Å²) in [6.45, 7) is 3.76. The van der Waals surface area contributed by atoms with Gasteiger partial charge in [-0.25, -0.2) is 0 Å². The standard InChI is InChI=1S/C8H9.3ClH.Sn.H/c1-2-8-6-4-3-5-7-8;;;;;/h3-7H,1-2H2;3*1H;;/q;;;;+3;/p-3. The Kier molecular flexibility index (Phi) is 9.11. The second-order valence-corrected chi connectivity index (χ2v) is 16.7. The first-order valence-electron chi connectivity index (χ1n) is 3.42. The van der Waals surface area contributed by atoms with E-state index >= 15 is 0 Å². The maximum atomic E-state index is 5.02. The molecule has 4 heteroatoms. The summed E-state index contributed by atoms with van der Waals surface area (Å²) in [5.41, 5.74) is 1.30. The predicted molar refractivity (Wildman–Crippen MR) is 60.2 cm³/mol. The molecule has 0 aliphatic heterocycles. The van der Waals surface area contributed by atoms with Gasteiger partial charge >= 0.3 is 43.1 Å². The molecule has 0 N–H and O–H groups in total. The molecule has 0 heterocycles. The van der Waals surface area contributed by atoms with Crippen LogP contribution < -0.4 is 0 Å². The molecule has 0 unspecified atom stereocenters. The molecule has 12 heavy (non-hydrogen) atoms. The number of halogens is 3. The van der Waals surface area contributed by atoms with Gasteiger partial charge in [-0.2, -0.15) is 0 Å². The molecule has 0 amide bonds. The molecule has 1 aromatic carbocycles. The van der Waals surface area contributed by atoms with Crippen LogP contribution in [-0.4, -0.2) is 16.4 Å². The molecule has 0 bridgehead atoms. The predicted octanol–water partition coefficient (Wildman–Crippen LogP) is 3.48. The molecule has 67 valence electrons. The Morgan fingerprint density at radius 3 is 1.75 bits per heavy atom. The molecule has 1 rings (SSSR count). The topological polar surface area (TPSA) is 0 Å². The molecule has 0 atom stereocenters. The van der Waals surface area contributed by atoms with Gasteiger partial charge in [-0.3, -0.25) is 0 Å². The van der Waals surface area contributed by atoms with Crippen LogP contribution in [-0.2, 0) is 6.42 Å². The summed E-state index contributed by atoms with van der Waals surface area (Å²) >= 11 is -2.22. The van der Waals surface area contributed by atoms with Crippen molar-refractivity contribution in [2.24, 2.45) is 0 Å². The average molecular weight is 331 g/mol. The van der Waals surface area contributed by atoms with E-state index in [1.54, 1.807) is 0 Å². The van der Waals surface area contributed by atoms with Crippen LogP contribution >= 0.6 is 26.8 Å². The summed E-state index contributed by atoms with van der Waals surface area (Å²) in [4.78, 5) is 0. The number of hydrogen-bond acceptors (Lipinski definition) is 0. The van der Waals surface area contributed by atoms with Gasteiger partial charge in [-0.05, 0) is 18.9 Å². The third-order valence-electron chi connectivity index (χ3n) is 1.13. The Bertz CT molecular complexity index is 186. The van der Waals surface area contributed by atoms with Crippen LogP contribution in [0.15, 0.2) is 30.3 Å². The van der Waals surface area contributed by atoms with E-state index in [2.05, 4.69) is 19.1 Å². The van der Waals surface area contributed by atoms with Crippen molar-refractivity contribution in [3.63, 3.8) is 0 Å². The summed E-state index contributed by atoms with van der Waals surface area (Å²) < 4.78 is 0. The van der Waals surface area contributed by atoms with Gasteiger partial charge in [0.1, 0.15) is 0 Å². The van der Waals surface area contributed by atoms with Gasteiger partial charge in [0.25, 0.3) is 0 Å². The van der Waals surface area contributed by atoms with Gasteiger partial charge in [0, 0.05) is 0 Å². The molecular weight excluding hydrogens is 321 g/mol. The summed E-state index contributed by atoms with van der Waals surface area (Å²) in [6.07, 6.45) is 0.890. The number of benzene rings is 1. The van der Waals surface area contributed by atoms with Gasteiger partial charge in [0.2, 0.25) is 0 Å². The van der Waals surface area contributed by atoms with E-state index in [-0.39, 0.29) is 0 Å². The summed E-state index contributed by atoms with van der Waals surface area (Å²) in [7, 11) is 15.0. The van der Waals surface area contributed by atoms with Crippen molar-refractivity contribution in [2.75, 3.05) is 0 Å². The van der Waals surface area contributed by atoms with Crippen molar-refractivity contribution < 1.29 is 0 Å². The fourth-order valence-corrected chi connectivity index (χ4v) is 0.645. The van der Waals surface area contributed by atoms with Crippen molar-refractivity contribution >= 4 is 43.1 Å². The normalized spacial score (nSPS) is 9.08. The van der Waals surface area contributed by atoms with E-state index in [1.165, 1.54) is 5.56 Å². The van der Waals surface area contributed by atoms with E-state index < -0.39 is 16.4 Å². The molecule has 1 radical (unpaired) electrons. The first kappa shape index (κ1) is 12.9. The van der Waals surface area contributed by atoms with E-state index in [0.29, 0.717) is 0 Å². The average Bonchev–Trinajstić information content (AvgIpc) is 2.05. The van der Waals surface area contributed by atoms with Crippen LogP contribution in [0.25, 0.3) is 0 Å². The Labute approximate surface area is 91.7 Å². The molecule has 0 aliphatic rings. The SMILES string of the molecule is [CH2]Cc1ccccc1.[Cl][SnH]([Cl])[Cl]. The number of hydrogen-bond donors (Lipinski definition) is 0. The molecule has 0 aromatic heterocycles. The molecule has 0 aliphatic carbocycles. The molecule has 0 saturated carbocycles. The fraction of sp³-hybridized carbons (Fsp3) is 0.125.